The molecule has 3 aliphatic carbocycles. The highest BCUT2D eigenvalue weighted by atomic mass is 28.1. The van der Waals surface area contributed by atoms with Gasteiger partial charge in [-0.1, -0.05) is 86.2 Å². The molecule has 0 spiro atoms. The first kappa shape index (κ1) is 28.7. The summed E-state index contributed by atoms with van der Waals surface area (Å²) in [4.78, 5) is 9.10. The summed E-state index contributed by atoms with van der Waals surface area (Å²) in [6.45, 7) is 15.1. The Morgan fingerprint density at radius 3 is 1.68 bits per heavy atom. The van der Waals surface area contributed by atoms with Crippen LogP contribution in [0.15, 0.2) is 133 Å². The number of rotatable bonds is 3. The second kappa shape index (κ2) is 12.0. The fourth-order valence-corrected chi connectivity index (χ4v) is 6.50. The summed E-state index contributed by atoms with van der Waals surface area (Å²) in [5, 5.41) is 0. The quantitative estimate of drug-likeness (QED) is 0.339. The van der Waals surface area contributed by atoms with Crippen LogP contribution in [0.4, 0.5) is 0 Å². The topological polar surface area (TPSA) is 24.7 Å². The molecule has 2 aromatic carbocycles. The maximum Gasteiger partial charge on any atom is 0.0711 e. The average Bonchev–Trinajstić information content (AvgIpc) is 3.77. The number of aliphatic imine (C=N–C) groups is 2. The lowest BCUT2D eigenvalue weighted by Gasteiger charge is -2.10. The number of hydrogen-bond acceptors (Lipinski definition) is 2. The SMILES string of the molecule is CC1=Cc2c(-c3ccccc3)cccc2C1[Si].CCC1=C(C)C2=C(C)C=CC2=N1.CCC1=C(C)C2=C(C)C=CC2=N1. The summed E-state index contributed by atoms with van der Waals surface area (Å²) < 4.78 is 0. The number of nitrogens with zero attached hydrogens (tertiary/aromatic N) is 2. The van der Waals surface area contributed by atoms with Gasteiger partial charge in [0, 0.05) is 32.8 Å². The van der Waals surface area contributed by atoms with Gasteiger partial charge in [-0.15, -0.1) is 0 Å². The number of benzene rings is 2. The monoisotopic (exact) mass is 551 g/mol. The van der Waals surface area contributed by atoms with Crippen LogP contribution in [0, 0.1) is 0 Å². The molecule has 0 fully saturated rings. The largest absolute Gasteiger partial charge is 0.253 e. The van der Waals surface area contributed by atoms with Gasteiger partial charge in [0.25, 0.3) is 0 Å². The van der Waals surface area contributed by atoms with Crippen molar-refractivity contribution in [3.63, 3.8) is 0 Å². The van der Waals surface area contributed by atoms with Crippen molar-refractivity contribution in [2.24, 2.45) is 9.98 Å². The van der Waals surface area contributed by atoms with E-state index in [9.17, 15) is 0 Å². The molecule has 0 saturated heterocycles. The zero-order valence-electron chi connectivity index (χ0n) is 25.4. The van der Waals surface area contributed by atoms with Crippen molar-refractivity contribution in [1.29, 1.82) is 0 Å². The number of allylic oxidation sites excluding steroid dienone is 13. The molecular weight excluding hydrogens is 513 g/mol. The molecule has 2 heterocycles. The lowest BCUT2D eigenvalue weighted by molar-refractivity contribution is 1.05. The molecule has 0 saturated carbocycles. The molecule has 2 nitrogen and oxygen atoms in total. The van der Waals surface area contributed by atoms with Crippen LogP contribution in [0.2, 0.25) is 0 Å². The minimum Gasteiger partial charge on any atom is -0.253 e. The van der Waals surface area contributed by atoms with Crippen molar-refractivity contribution < 1.29 is 0 Å². The van der Waals surface area contributed by atoms with Crippen molar-refractivity contribution >= 4 is 27.7 Å². The van der Waals surface area contributed by atoms with Crippen LogP contribution in [-0.2, 0) is 0 Å². The van der Waals surface area contributed by atoms with Gasteiger partial charge in [-0.25, -0.2) is 0 Å². The maximum atomic E-state index is 4.55. The molecule has 2 aromatic rings. The Hall–Kier alpha value is -3.82. The van der Waals surface area contributed by atoms with Crippen LogP contribution in [0.5, 0.6) is 0 Å². The molecule has 0 amide bonds. The molecule has 1 unspecified atom stereocenters. The third-order valence-corrected chi connectivity index (χ3v) is 9.21. The molecule has 3 heteroatoms. The van der Waals surface area contributed by atoms with Crippen LogP contribution in [0.3, 0.4) is 0 Å². The summed E-state index contributed by atoms with van der Waals surface area (Å²) in [6, 6.07) is 17.1. The number of hydrogen-bond donors (Lipinski definition) is 0. The van der Waals surface area contributed by atoms with Crippen LogP contribution in [0.25, 0.3) is 17.2 Å². The first-order valence-corrected chi connectivity index (χ1v) is 15.3. The Morgan fingerprint density at radius 1 is 0.659 bits per heavy atom. The summed E-state index contributed by atoms with van der Waals surface area (Å²) in [7, 11) is 3.79. The third-order valence-electron chi connectivity index (χ3n) is 8.44. The third kappa shape index (κ3) is 5.43. The Kier molecular flexibility index (Phi) is 8.37. The van der Waals surface area contributed by atoms with Gasteiger partial charge >= 0.3 is 0 Å². The fraction of sp³-hybridized carbons (Fsp3) is 0.263. The molecule has 0 bridgehead atoms. The Labute approximate surface area is 249 Å². The van der Waals surface area contributed by atoms with E-state index in [1.54, 1.807) is 0 Å². The minimum atomic E-state index is 0.369. The van der Waals surface area contributed by atoms with E-state index in [0.717, 1.165) is 12.8 Å². The van der Waals surface area contributed by atoms with Crippen LogP contribution in [-0.4, -0.2) is 21.7 Å². The molecule has 7 rings (SSSR count). The fourth-order valence-electron chi connectivity index (χ4n) is 6.16. The zero-order valence-corrected chi connectivity index (χ0v) is 26.4. The second-order valence-electron chi connectivity index (χ2n) is 11.1. The summed E-state index contributed by atoms with van der Waals surface area (Å²) in [5.74, 6) is 0. The van der Waals surface area contributed by atoms with E-state index in [2.05, 4.69) is 148 Å². The van der Waals surface area contributed by atoms with E-state index in [4.69, 9.17) is 0 Å². The molecule has 0 aromatic heterocycles. The van der Waals surface area contributed by atoms with Gasteiger partial charge < -0.3 is 0 Å². The molecule has 2 aliphatic heterocycles. The van der Waals surface area contributed by atoms with Crippen LogP contribution >= 0.6 is 0 Å². The maximum absolute atomic E-state index is 4.55. The van der Waals surface area contributed by atoms with Crippen molar-refractivity contribution in [3.05, 3.63) is 134 Å². The highest BCUT2D eigenvalue weighted by molar-refractivity contribution is 6.18. The van der Waals surface area contributed by atoms with E-state index in [1.165, 1.54) is 84.1 Å². The predicted octanol–water partition coefficient (Wildman–Crippen LogP) is 10.0. The average molecular weight is 552 g/mol. The molecule has 0 N–H and O–H groups in total. The first-order valence-electron chi connectivity index (χ1n) is 14.7. The number of fused-ring (bicyclic) bond motifs is 3. The minimum absolute atomic E-state index is 0.369. The van der Waals surface area contributed by atoms with Crippen molar-refractivity contribution in [2.45, 2.75) is 66.8 Å². The van der Waals surface area contributed by atoms with Crippen LogP contribution < -0.4 is 0 Å². The van der Waals surface area contributed by atoms with Gasteiger partial charge in [0.15, 0.2) is 0 Å². The highest BCUT2D eigenvalue weighted by Crippen LogP contribution is 2.39. The van der Waals surface area contributed by atoms with E-state index >= 15 is 0 Å². The Balaban J connectivity index is 0.000000127. The zero-order chi connectivity index (χ0) is 29.3. The highest BCUT2D eigenvalue weighted by Gasteiger charge is 2.23. The summed E-state index contributed by atoms with van der Waals surface area (Å²) in [6.07, 6.45) is 12.9. The van der Waals surface area contributed by atoms with Gasteiger partial charge in [0.05, 0.1) is 11.4 Å². The van der Waals surface area contributed by atoms with Gasteiger partial charge in [-0.05, 0) is 110 Å². The van der Waals surface area contributed by atoms with Crippen molar-refractivity contribution in [3.8, 4) is 11.1 Å². The molecule has 5 aliphatic rings. The first-order chi connectivity index (χ1) is 19.7. The van der Waals surface area contributed by atoms with Crippen LogP contribution in [0.1, 0.15) is 78.0 Å². The van der Waals surface area contributed by atoms with Crippen molar-refractivity contribution in [1.82, 2.24) is 0 Å². The van der Waals surface area contributed by atoms with Gasteiger partial charge in [0.2, 0.25) is 0 Å². The predicted molar refractivity (Wildman–Crippen MR) is 179 cm³/mol. The molecule has 205 valence electrons. The second-order valence-corrected chi connectivity index (χ2v) is 11.7. The Bertz CT molecular complexity index is 1610. The lowest BCUT2D eigenvalue weighted by atomic mass is 9.97. The lowest BCUT2D eigenvalue weighted by Crippen LogP contribution is -1.95. The molecule has 41 heavy (non-hydrogen) atoms. The van der Waals surface area contributed by atoms with E-state index in [1.807, 2.05) is 0 Å². The van der Waals surface area contributed by atoms with Gasteiger partial charge in [-0.3, -0.25) is 9.98 Å². The molecule has 3 radical (unpaired) electrons. The van der Waals surface area contributed by atoms with E-state index in [0.29, 0.717) is 5.54 Å². The van der Waals surface area contributed by atoms with Gasteiger partial charge in [-0.2, -0.15) is 0 Å². The van der Waals surface area contributed by atoms with Crippen molar-refractivity contribution in [2.75, 3.05) is 0 Å². The molecule has 1 atom stereocenters. The molecular formula is C38H39N2Si. The smallest absolute Gasteiger partial charge is 0.0711 e. The van der Waals surface area contributed by atoms with E-state index < -0.39 is 0 Å². The summed E-state index contributed by atoms with van der Waals surface area (Å²) >= 11 is 0. The van der Waals surface area contributed by atoms with E-state index in [-0.39, 0.29) is 0 Å². The Morgan fingerprint density at radius 2 is 1.20 bits per heavy atom. The standard InChI is InChI=1S/C16H13Si.2C11H13N/c1-11-10-15-13(12-6-3-2-4-7-12)8-5-9-14(15)16(11)17;2*1-4-9-8(3)11-7(2)5-6-10(11)12-9/h2-10,16H,1H3;2*5-6H,4H2,1-3H3. The summed E-state index contributed by atoms with van der Waals surface area (Å²) in [5.41, 5.74) is 20.1. The normalized spacial score (nSPS) is 19.5. The van der Waals surface area contributed by atoms with Gasteiger partial charge in [0.1, 0.15) is 0 Å².